The van der Waals surface area contributed by atoms with Crippen LogP contribution >= 0.6 is 0 Å². The zero-order valence-electron chi connectivity index (χ0n) is 17.1. The van der Waals surface area contributed by atoms with Gasteiger partial charge in [-0.1, -0.05) is 32.9 Å². The first-order chi connectivity index (χ1) is 13.7. The van der Waals surface area contributed by atoms with E-state index in [1.807, 2.05) is 30.3 Å². The molecule has 1 aliphatic heterocycles. The molecule has 0 aromatic heterocycles. The molecule has 0 saturated heterocycles. The summed E-state index contributed by atoms with van der Waals surface area (Å²) in [7, 11) is 0. The number of nitrogens with one attached hydrogen (secondary N) is 3. The van der Waals surface area contributed by atoms with Gasteiger partial charge in [-0.3, -0.25) is 14.4 Å². The molecule has 6 nitrogen and oxygen atoms in total. The molecule has 3 N–H and O–H groups in total. The minimum Gasteiger partial charge on any atom is -0.352 e. The fraction of sp³-hybridized carbons (Fsp3) is 0.348. The molecule has 0 fully saturated rings. The van der Waals surface area contributed by atoms with Crippen LogP contribution in [0.15, 0.2) is 42.5 Å². The largest absolute Gasteiger partial charge is 0.352 e. The Balaban J connectivity index is 1.47. The fourth-order valence-corrected chi connectivity index (χ4v) is 3.20. The van der Waals surface area contributed by atoms with E-state index in [0.29, 0.717) is 24.1 Å². The number of carbonyl (C=O) groups is 3. The second-order valence-corrected chi connectivity index (χ2v) is 8.30. The van der Waals surface area contributed by atoms with Crippen LogP contribution in [-0.4, -0.2) is 24.3 Å². The van der Waals surface area contributed by atoms with Gasteiger partial charge in [0.2, 0.25) is 11.8 Å². The first-order valence-corrected chi connectivity index (χ1v) is 9.84. The van der Waals surface area contributed by atoms with Crippen LogP contribution in [0.1, 0.15) is 55.1 Å². The van der Waals surface area contributed by atoms with E-state index in [9.17, 15) is 14.4 Å². The summed E-state index contributed by atoms with van der Waals surface area (Å²) in [5, 5.41) is 8.43. The second kappa shape index (κ2) is 8.47. The van der Waals surface area contributed by atoms with Crippen LogP contribution in [0.25, 0.3) is 0 Å². The minimum atomic E-state index is -0.192. The third kappa shape index (κ3) is 5.44. The normalized spacial score (nSPS) is 13.3. The van der Waals surface area contributed by atoms with Crippen LogP contribution in [-0.2, 0) is 21.4 Å². The number of amides is 3. The predicted molar refractivity (Wildman–Crippen MR) is 114 cm³/mol. The van der Waals surface area contributed by atoms with E-state index < -0.39 is 0 Å². The monoisotopic (exact) mass is 393 g/mol. The number of carbonyl (C=O) groups excluding carboxylic acids is 3. The lowest BCUT2D eigenvalue weighted by molar-refractivity contribution is -0.117. The molecule has 0 aliphatic carbocycles. The molecule has 2 aromatic carbocycles. The molecule has 3 rings (SSSR count). The lowest BCUT2D eigenvalue weighted by Gasteiger charge is -2.19. The third-order valence-electron chi connectivity index (χ3n) is 4.94. The highest BCUT2D eigenvalue weighted by Gasteiger charge is 2.16. The standard InChI is InChI=1S/C23H27N3O3/c1-23(2,3)17-7-4-15(5-8-17)22(29)24-13-12-21(28)25-18-9-10-19-16(14-18)6-11-20(27)26-19/h4-5,7-10,14H,6,11-13H2,1-3H3,(H,24,29)(H,25,28)(H,26,27). The quantitative estimate of drug-likeness (QED) is 0.725. The summed E-state index contributed by atoms with van der Waals surface area (Å²) < 4.78 is 0. The average molecular weight is 393 g/mol. The van der Waals surface area contributed by atoms with E-state index in [1.165, 1.54) is 0 Å². The number of hydrogen-bond acceptors (Lipinski definition) is 3. The maximum atomic E-state index is 12.3. The first kappa shape index (κ1) is 20.6. The van der Waals surface area contributed by atoms with Crippen molar-refractivity contribution >= 4 is 29.1 Å². The third-order valence-corrected chi connectivity index (χ3v) is 4.94. The van der Waals surface area contributed by atoms with Crippen LogP contribution in [0.5, 0.6) is 0 Å². The molecule has 0 atom stereocenters. The van der Waals surface area contributed by atoms with Crippen LogP contribution in [0, 0.1) is 0 Å². The van der Waals surface area contributed by atoms with Gasteiger partial charge in [-0.15, -0.1) is 0 Å². The van der Waals surface area contributed by atoms with Crippen molar-refractivity contribution in [2.24, 2.45) is 0 Å². The van der Waals surface area contributed by atoms with Gasteiger partial charge in [-0.05, 0) is 53.3 Å². The maximum Gasteiger partial charge on any atom is 0.251 e. The van der Waals surface area contributed by atoms with Crippen molar-refractivity contribution in [1.29, 1.82) is 0 Å². The number of anilines is 2. The Labute approximate surface area is 171 Å². The molecule has 0 spiro atoms. The maximum absolute atomic E-state index is 12.3. The highest BCUT2D eigenvalue weighted by Crippen LogP contribution is 2.25. The summed E-state index contributed by atoms with van der Waals surface area (Å²) >= 11 is 0. The van der Waals surface area contributed by atoms with E-state index in [0.717, 1.165) is 16.8 Å². The number of rotatable bonds is 5. The van der Waals surface area contributed by atoms with E-state index in [1.54, 1.807) is 12.1 Å². The molecule has 0 saturated carbocycles. The fourth-order valence-electron chi connectivity index (χ4n) is 3.20. The van der Waals surface area contributed by atoms with Crippen molar-refractivity contribution in [2.45, 2.75) is 45.4 Å². The van der Waals surface area contributed by atoms with E-state index in [2.05, 4.69) is 36.7 Å². The molecular formula is C23H27N3O3. The summed E-state index contributed by atoms with van der Waals surface area (Å²) in [6.07, 6.45) is 1.29. The van der Waals surface area contributed by atoms with Gasteiger partial charge in [-0.25, -0.2) is 0 Å². The van der Waals surface area contributed by atoms with Gasteiger partial charge >= 0.3 is 0 Å². The number of benzene rings is 2. The molecule has 2 aromatic rings. The zero-order valence-corrected chi connectivity index (χ0v) is 17.1. The number of hydrogen-bond donors (Lipinski definition) is 3. The van der Waals surface area contributed by atoms with E-state index in [4.69, 9.17) is 0 Å². The molecule has 0 bridgehead atoms. The summed E-state index contributed by atoms with van der Waals surface area (Å²) in [5.74, 6) is -0.353. The van der Waals surface area contributed by atoms with Gasteiger partial charge < -0.3 is 16.0 Å². The molecule has 0 unspecified atom stereocenters. The van der Waals surface area contributed by atoms with Crippen molar-refractivity contribution in [3.63, 3.8) is 0 Å². The Kier molecular flexibility index (Phi) is 6.01. The highest BCUT2D eigenvalue weighted by atomic mass is 16.2. The van der Waals surface area contributed by atoms with Crippen LogP contribution in [0.3, 0.4) is 0 Å². The van der Waals surface area contributed by atoms with Crippen molar-refractivity contribution in [1.82, 2.24) is 5.32 Å². The Bertz CT molecular complexity index is 927. The van der Waals surface area contributed by atoms with Crippen molar-refractivity contribution in [2.75, 3.05) is 17.2 Å². The Hall–Kier alpha value is -3.15. The molecule has 1 aliphatic rings. The Morgan fingerprint density at radius 1 is 1.03 bits per heavy atom. The van der Waals surface area contributed by atoms with Gasteiger partial charge in [0.15, 0.2) is 0 Å². The zero-order chi connectivity index (χ0) is 21.0. The van der Waals surface area contributed by atoms with Gasteiger partial charge in [-0.2, -0.15) is 0 Å². The Morgan fingerprint density at radius 2 is 1.76 bits per heavy atom. The number of aryl methyl sites for hydroxylation is 1. The molecule has 1 heterocycles. The molecule has 0 radical (unpaired) electrons. The van der Waals surface area contributed by atoms with Gasteiger partial charge in [0.25, 0.3) is 5.91 Å². The van der Waals surface area contributed by atoms with Gasteiger partial charge in [0.1, 0.15) is 0 Å². The summed E-state index contributed by atoms with van der Waals surface area (Å²) in [6.45, 7) is 6.63. The number of fused-ring (bicyclic) bond motifs is 1. The first-order valence-electron chi connectivity index (χ1n) is 9.84. The minimum absolute atomic E-state index is 0.0121. The summed E-state index contributed by atoms with van der Waals surface area (Å²) in [5.41, 5.74) is 4.27. The van der Waals surface area contributed by atoms with Crippen LogP contribution < -0.4 is 16.0 Å². The topological polar surface area (TPSA) is 87.3 Å². The van der Waals surface area contributed by atoms with Gasteiger partial charge in [0, 0.05) is 36.3 Å². The van der Waals surface area contributed by atoms with E-state index in [-0.39, 0.29) is 36.1 Å². The predicted octanol–water partition coefficient (Wildman–Crippen LogP) is 3.63. The SMILES string of the molecule is CC(C)(C)c1ccc(C(=O)NCCC(=O)Nc2ccc3c(c2)CCC(=O)N3)cc1. The van der Waals surface area contributed by atoms with Crippen LogP contribution in [0.4, 0.5) is 11.4 Å². The molecule has 152 valence electrons. The molecule has 29 heavy (non-hydrogen) atoms. The highest BCUT2D eigenvalue weighted by molar-refractivity contribution is 5.96. The molecule has 3 amide bonds. The summed E-state index contributed by atoms with van der Waals surface area (Å²) in [6, 6.07) is 13.0. The van der Waals surface area contributed by atoms with Gasteiger partial charge in [0.05, 0.1) is 0 Å². The van der Waals surface area contributed by atoms with Crippen molar-refractivity contribution in [3.05, 3.63) is 59.2 Å². The van der Waals surface area contributed by atoms with Crippen LogP contribution in [0.2, 0.25) is 0 Å². The molecule has 6 heteroatoms. The average Bonchev–Trinajstić information content (AvgIpc) is 2.67. The van der Waals surface area contributed by atoms with E-state index >= 15 is 0 Å². The lowest BCUT2D eigenvalue weighted by Crippen LogP contribution is -2.27. The van der Waals surface area contributed by atoms with Crippen molar-refractivity contribution < 1.29 is 14.4 Å². The Morgan fingerprint density at radius 3 is 2.45 bits per heavy atom. The summed E-state index contributed by atoms with van der Waals surface area (Å²) in [4.78, 5) is 35.8. The second-order valence-electron chi connectivity index (χ2n) is 8.30. The molecular weight excluding hydrogens is 366 g/mol. The van der Waals surface area contributed by atoms with Crippen molar-refractivity contribution in [3.8, 4) is 0 Å². The lowest BCUT2D eigenvalue weighted by atomic mass is 9.87. The smallest absolute Gasteiger partial charge is 0.251 e.